The fraction of sp³-hybridized carbons (Fsp3) is 0.533. The van der Waals surface area contributed by atoms with Crippen molar-refractivity contribution >= 4 is 5.97 Å². The van der Waals surface area contributed by atoms with Gasteiger partial charge in [0.1, 0.15) is 6.04 Å². The fourth-order valence-electron chi connectivity index (χ4n) is 2.70. The van der Waals surface area contributed by atoms with Crippen LogP contribution in [-0.2, 0) is 11.2 Å². The van der Waals surface area contributed by atoms with Gasteiger partial charge in [0.2, 0.25) is 0 Å². The first-order chi connectivity index (χ1) is 8.61. The van der Waals surface area contributed by atoms with E-state index >= 15 is 0 Å². The van der Waals surface area contributed by atoms with Gasteiger partial charge in [0.05, 0.1) is 0 Å². The third-order valence-electron chi connectivity index (χ3n) is 3.66. The Hall–Kier alpha value is -1.35. The molecular formula is C15H21NO2. The number of carboxylic acid groups (broad SMARTS) is 1. The number of carbonyl (C=O) groups is 1. The second-order valence-electron chi connectivity index (χ2n) is 5.14. The molecule has 2 N–H and O–H groups in total. The second kappa shape index (κ2) is 5.53. The zero-order valence-electron chi connectivity index (χ0n) is 11.1. The molecule has 3 heteroatoms. The Morgan fingerprint density at radius 3 is 3.00 bits per heavy atom. The first kappa shape index (κ1) is 13.1. The lowest BCUT2D eigenvalue weighted by molar-refractivity contribution is -0.139. The average molecular weight is 247 g/mol. The summed E-state index contributed by atoms with van der Waals surface area (Å²) in [5.41, 5.74) is 3.89. The molecule has 2 unspecified atom stereocenters. The lowest BCUT2D eigenvalue weighted by Gasteiger charge is -2.20. The summed E-state index contributed by atoms with van der Waals surface area (Å²) in [6.07, 6.45) is 3.63. The average Bonchev–Trinajstić information content (AvgIpc) is 2.71. The maximum absolute atomic E-state index is 11.2. The molecule has 1 aromatic rings. The molecule has 0 heterocycles. The van der Waals surface area contributed by atoms with Crippen LogP contribution in [0.3, 0.4) is 0 Å². The van der Waals surface area contributed by atoms with Gasteiger partial charge in [-0.25, -0.2) is 0 Å². The molecule has 3 nitrogen and oxygen atoms in total. The Morgan fingerprint density at radius 2 is 2.33 bits per heavy atom. The highest BCUT2D eigenvalue weighted by molar-refractivity contribution is 5.73. The highest BCUT2D eigenvalue weighted by atomic mass is 16.4. The molecule has 2 atom stereocenters. The summed E-state index contributed by atoms with van der Waals surface area (Å²) in [6.45, 7) is 4.10. The first-order valence-electron chi connectivity index (χ1n) is 6.70. The summed E-state index contributed by atoms with van der Waals surface area (Å²) in [7, 11) is 0. The van der Waals surface area contributed by atoms with Gasteiger partial charge in [0, 0.05) is 6.04 Å². The summed E-state index contributed by atoms with van der Waals surface area (Å²) in [4.78, 5) is 11.2. The molecular weight excluding hydrogens is 226 g/mol. The van der Waals surface area contributed by atoms with Crippen molar-refractivity contribution in [3.8, 4) is 0 Å². The number of carboxylic acids is 1. The largest absolute Gasteiger partial charge is 0.480 e. The van der Waals surface area contributed by atoms with E-state index in [1.165, 1.54) is 16.7 Å². The predicted octanol–water partition coefficient (Wildman–Crippen LogP) is 2.83. The van der Waals surface area contributed by atoms with Gasteiger partial charge in [-0.15, -0.1) is 0 Å². The van der Waals surface area contributed by atoms with Crippen LogP contribution in [0, 0.1) is 6.92 Å². The molecule has 0 fully saturated rings. The summed E-state index contributed by atoms with van der Waals surface area (Å²) in [5.74, 6) is -0.738. The molecule has 2 rings (SSSR count). The first-order valence-corrected chi connectivity index (χ1v) is 6.70. The van der Waals surface area contributed by atoms with E-state index in [9.17, 15) is 9.90 Å². The second-order valence-corrected chi connectivity index (χ2v) is 5.14. The predicted molar refractivity (Wildman–Crippen MR) is 71.7 cm³/mol. The topological polar surface area (TPSA) is 49.3 Å². The van der Waals surface area contributed by atoms with Crippen LogP contribution in [-0.4, -0.2) is 17.1 Å². The van der Waals surface area contributed by atoms with Crippen molar-refractivity contribution in [3.63, 3.8) is 0 Å². The van der Waals surface area contributed by atoms with E-state index in [1.54, 1.807) is 0 Å². The lowest BCUT2D eigenvalue weighted by Crippen LogP contribution is -2.38. The molecule has 0 aliphatic heterocycles. The monoisotopic (exact) mass is 247 g/mol. The van der Waals surface area contributed by atoms with Crippen LogP contribution >= 0.6 is 0 Å². The Kier molecular flexibility index (Phi) is 4.02. The summed E-state index contributed by atoms with van der Waals surface area (Å²) in [6, 6.07) is 6.26. The van der Waals surface area contributed by atoms with Crippen LogP contribution in [0.5, 0.6) is 0 Å². The molecule has 1 aliphatic carbocycles. The number of nitrogens with one attached hydrogen (secondary N) is 1. The number of aryl methyl sites for hydroxylation is 2. The van der Waals surface area contributed by atoms with Gasteiger partial charge in [-0.2, -0.15) is 0 Å². The summed E-state index contributed by atoms with van der Waals surface area (Å²) in [5, 5.41) is 12.5. The van der Waals surface area contributed by atoms with E-state index in [1.807, 2.05) is 6.92 Å². The minimum atomic E-state index is -0.738. The van der Waals surface area contributed by atoms with Gasteiger partial charge in [-0.1, -0.05) is 37.1 Å². The van der Waals surface area contributed by atoms with Crippen molar-refractivity contribution < 1.29 is 9.90 Å². The van der Waals surface area contributed by atoms with E-state index in [0.29, 0.717) is 6.42 Å². The Labute approximate surface area is 108 Å². The minimum Gasteiger partial charge on any atom is -0.480 e. The lowest BCUT2D eigenvalue weighted by atomic mass is 10.0. The van der Waals surface area contributed by atoms with Crippen molar-refractivity contribution in [3.05, 3.63) is 34.9 Å². The van der Waals surface area contributed by atoms with Crippen LogP contribution in [0.1, 0.15) is 48.9 Å². The quantitative estimate of drug-likeness (QED) is 0.841. The molecule has 0 saturated heterocycles. The van der Waals surface area contributed by atoms with Crippen LogP contribution in [0.15, 0.2) is 18.2 Å². The molecule has 98 valence electrons. The van der Waals surface area contributed by atoms with Crippen molar-refractivity contribution in [2.45, 2.75) is 51.6 Å². The Balaban J connectivity index is 2.13. The van der Waals surface area contributed by atoms with Crippen molar-refractivity contribution in [1.82, 2.24) is 5.32 Å². The van der Waals surface area contributed by atoms with Gasteiger partial charge >= 0.3 is 5.97 Å². The number of hydrogen-bond acceptors (Lipinski definition) is 2. The molecule has 0 radical (unpaired) electrons. The standard InChI is InChI=1S/C15H21NO2/c1-3-4-14(15(17)18)16-13-8-7-11-6-5-10(2)9-12(11)13/h5-6,9,13-14,16H,3-4,7-8H2,1-2H3,(H,17,18). The Bertz CT molecular complexity index is 442. The summed E-state index contributed by atoms with van der Waals surface area (Å²) >= 11 is 0. The van der Waals surface area contributed by atoms with Gasteiger partial charge in [-0.3, -0.25) is 10.1 Å². The number of aliphatic carboxylic acids is 1. The summed E-state index contributed by atoms with van der Waals surface area (Å²) < 4.78 is 0. The number of hydrogen-bond donors (Lipinski definition) is 2. The van der Waals surface area contributed by atoms with E-state index in [4.69, 9.17) is 0 Å². The van der Waals surface area contributed by atoms with Crippen molar-refractivity contribution in [2.75, 3.05) is 0 Å². The van der Waals surface area contributed by atoms with Crippen LogP contribution < -0.4 is 5.32 Å². The molecule has 18 heavy (non-hydrogen) atoms. The zero-order chi connectivity index (χ0) is 13.1. The molecule has 0 saturated carbocycles. The van der Waals surface area contributed by atoms with E-state index in [0.717, 1.165) is 19.3 Å². The highest BCUT2D eigenvalue weighted by Crippen LogP contribution is 2.32. The molecule has 0 aromatic heterocycles. The van der Waals surface area contributed by atoms with Gasteiger partial charge in [0.15, 0.2) is 0 Å². The van der Waals surface area contributed by atoms with Gasteiger partial charge < -0.3 is 5.11 Å². The minimum absolute atomic E-state index is 0.201. The molecule has 0 amide bonds. The van der Waals surface area contributed by atoms with Gasteiger partial charge in [0.25, 0.3) is 0 Å². The third kappa shape index (κ3) is 2.72. The zero-order valence-corrected chi connectivity index (χ0v) is 11.1. The fourth-order valence-corrected chi connectivity index (χ4v) is 2.70. The third-order valence-corrected chi connectivity index (χ3v) is 3.66. The molecule has 0 spiro atoms. The van der Waals surface area contributed by atoms with Crippen molar-refractivity contribution in [2.24, 2.45) is 0 Å². The van der Waals surface area contributed by atoms with Crippen LogP contribution in [0.2, 0.25) is 0 Å². The van der Waals surface area contributed by atoms with Gasteiger partial charge in [-0.05, 0) is 37.3 Å². The van der Waals surface area contributed by atoms with Crippen molar-refractivity contribution in [1.29, 1.82) is 0 Å². The van der Waals surface area contributed by atoms with Crippen LogP contribution in [0.4, 0.5) is 0 Å². The molecule has 1 aliphatic rings. The van der Waals surface area contributed by atoms with E-state index < -0.39 is 12.0 Å². The number of benzene rings is 1. The van der Waals surface area contributed by atoms with Crippen LogP contribution in [0.25, 0.3) is 0 Å². The maximum Gasteiger partial charge on any atom is 0.320 e. The molecule has 0 bridgehead atoms. The molecule has 1 aromatic carbocycles. The SMILES string of the molecule is CCCC(NC1CCc2ccc(C)cc21)C(=O)O. The Morgan fingerprint density at radius 1 is 1.56 bits per heavy atom. The number of fused-ring (bicyclic) bond motifs is 1. The van der Waals surface area contributed by atoms with E-state index in [2.05, 4.69) is 30.4 Å². The normalized spacial score (nSPS) is 19.6. The number of rotatable bonds is 5. The van der Waals surface area contributed by atoms with E-state index in [-0.39, 0.29) is 6.04 Å². The highest BCUT2D eigenvalue weighted by Gasteiger charge is 2.27. The maximum atomic E-state index is 11.2. The smallest absolute Gasteiger partial charge is 0.320 e.